The molecule has 0 aromatic heterocycles. The summed E-state index contributed by atoms with van der Waals surface area (Å²) < 4.78 is 32.3. The van der Waals surface area contributed by atoms with Crippen LogP contribution < -0.4 is 5.32 Å². The molecule has 6 nitrogen and oxygen atoms in total. The van der Waals surface area contributed by atoms with Crippen molar-refractivity contribution in [3.63, 3.8) is 0 Å². The zero-order valence-corrected chi connectivity index (χ0v) is 20.2. The van der Waals surface area contributed by atoms with Crippen molar-refractivity contribution in [2.24, 2.45) is 0 Å². The van der Waals surface area contributed by atoms with E-state index in [0.29, 0.717) is 22.3 Å². The number of hydrogen-bond acceptors (Lipinski definition) is 5. The van der Waals surface area contributed by atoms with E-state index in [0.717, 1.165) is 5.56 Å². The number of para-hydroxylation sites is 1. The molecule has 0 radical (unpaired) electrons. The summed E-state index contributed by atoms with van der Waals surface area (Å²) in [5, 5.41) is 12.8. The van der Waals surface area contributed by atoms with Gasteiger partial charge in [-0.2, -0.15) is 8.42 Å². The molecule has 4 aromatic carbocycles. The molecule has 0 saturated heterocycles. The van der Waals surface area contributed by atoms with Crippen LogP contribution in [-0.2, 0) is 14.3 Å². The molecule has 4 aromatic rings. The first-order valence-electron chi connectivity index (χ1n) is 11.4. The van der Waals surface area contributed by atoms with Gasteiger partial charge in [-0.15, -0.1) is 0 Å². The molecule has 0 spiro atoms. The Morgan fingerprint density at radius 2 is 1.44 bits per heavy atom. The van der Waals surface area contributed by atoms with E-state index >= 15 is 0 Å². The van der Waals surface area contributed by atoms with Crippen LogP contribution in [0.2, 0.25) is 0 Å². The van der Waals surface area contributed by atoms with Crippen molar-refractivity contribution in [1.29, 1.82) is 0 Å². The Labute approximate surface area is 209 Å². The Morgan fingerprint density at radius 1 is 0.833 bits per heavy atom. The number of fused-ring (bicyclic) bond motifs is 1. The van der Waals surface area contributed by atoms with Crippen molar-refractivity contribution in [3.8, 4) is 5.75 Å². The van der Waals surface area contributed by atoms with Gasteiger partial charge in [-0.05, 0) is 36.2 Å². The second-order valence-corrected chi connectivity index (χ2v) is 9.96. The number of carbonyl (C=O) groups excluding carboxylic acids is 1. The maximum Gasteiger partial charge on any atom is 0.339 e. The van der Waals surface area contributed by atoms with Crippen LogP contribution in [0.15, 0.2) is 108 Å². The van der Waals surface area contributed by atoms with Crippen LogP contribution in [0.25, 0.3) is 11.3 Å². The van der Waals surface area contributed by atoms with E-state index in [1.165, 1.54) is 18.2 Å². The third-order valence-electron chi connectivity index (χ3n) is 6.06. The van der Waals surface area contributed by atoms with Crippen LogP contribution in [0.4, 0.5) is 0 Å². The van der Waals surface area contributed by atoms with Crippen molar-refractivity contribution in [2.45, 2.75) is 17.9 Å². The normalized spacial score (nSPS) is 14.9. The number of nitrogens with one attached hydrogen (secondary N) is 1. The van der Waals surface area contributed by atoms with Crippen LogP contribution in [0.5, 0.6) is 5.75 Å². The van der Waals surface area contributed by atoms with Crippen LogP contribution in [0.3, 0.4) is 0 Å². The summed E-state index contributed by atoms with van der Waals surface area (Å²) in [7, 11) is -4.13. The summed E-state index contributed by atoms with van der Waals surface area (Å²) in [5.74, 6) is -0.327. The number of hydrogen-bond donors (Lipinski definition) is 2. The fourth-order valence-corrected chi connectivity index (χ4v) is 5.45. The predicted octanol–water partition coefficient (Wildman–Crippen LogP) is 5.52. The molecule has 0 bridgehead atoms. The van der Waals surface area contributed by atoms with Gasteiger partial charge in [-0.25, -0.2) is 0 Å². The molecule has 1 amide bonds. The first-order valence-corrected chi connectivity index (χ1v) is 12.8. The number of amides is 1. The highest BCUT2D eigenvalue weighted by molar-refractivity contribution is 7.87. The number of rotatable bonds is 5. The maximum atomic E-state index is 13.3. The Kier molecular flexibility index (Phi) is 6.08. The molecule has 0 saturated carbocycles. The lowest BCUT2D eigenvalue weighted by atomic mass is 9.92. The van der Waals surface area contributed by atoms with Crippen molar-refractivity contribution in [3.05, 3.63) is 131 Å². The molecule has 1 unspecified atom stereocenters. The summed E-state index contributed by atoms with van der Waals surface area (Å²) in [6.45, 7) is 1.75. The lowest BCUT2D eigenvalue weighted by Crippen LogP contribution is -2.27. The van der Waals surface area contributed by atoms with Gasteiger partial charge in [0.1, 0.15) is 10.6 Å². The Morgan fingerprint density at radius 3 is 2.11 bits per heavy atom. The van der Waals surface area contributed by atoms with Crippen LogP contribution in [0.1, 0.15) is 45.6 Å². The van der Waals surface area contributed by atoms with Gasteiger partial charge in [-0.1, -0.05) is 84.9 Å². The lowest BCUT2D eigenvalue weighted by molar-refractivity contribution is 0.0937. The fourth-order valence-electron chi connectivity index (χ4n) is 4.24. The van der Waals surface area contributed by atoms with Gasteiger partial charge in [0.25, 0.3) is 5.91 Å². The molecular weight excluding hydrogens is 474 g/mol. The minimum Gasteiger partial charge on any atom is -0.507 e. The summed E-state index contributed by atoms with van der Waals surface area (Å²) in [6, 6.07) is 29.4. The van der Waals surface area contributed by atoms with Gasteiger partial charge >= 0.3 is 10.1 Å². The number of phenols is 1. The van der Waals surface area contributed by atoms with Crippen molar-refractivity contribution < 1.29 is 22.5 Å². The number of carbonyl (C=O) groups is 1. The molecule has 180 valence electrons. The highest BCUT2D eigenvalue weighted by Crippen LogP contribution is 2.43. The molecule has 1 atom stereocenters. The average molecular weight is 498 g/mol. The van der Waals surface area contributed by atoms with E-state index in [4.69, 9.17) is 4.18 Å². The molecule has 2 N–H and O–H groups in total. The van der Waals surface area contributed by atoms with Crippen LogP contribution in [-0.4, -0.2) is 19.4 Å². The third-order valence-corrected chi connectivity index (χ3v) is 7.32. The van der Waals surface area contributed by atoms with Crippen LogP contribution in [0, 0.1) is 0 Å². The van der Waals surface area contributed by atoms with Gasteiger partial charge in [0, 0.05) is 16.7 Å². The highest BCUT2D eigenvalue weighted by atomic mass is 32.2. The summed E-state index contributed by atoms with van der Waals surface area (Å²) in [6.07, 6.45) is 0. The van der Waals surface area contributed by atoms with E-state index in [2.05, 4.69) is 5.32 Å². The van der Waals surface area contributed by atoms with Gasteiger partial charge in [-0.3, -0.25) is 4.79 Å². The van der Waals surface area contributed by atoms with Crippen molar-refractivity contribution in [2.75, 3.05) is 0 Å². The number of aromatic hydroxyl groups is 1. The summed E-state index contributed by atoms with van der Waals surface area (Å²) in [5.41, 5.74) is 3.39. The SMILES string of the molecule is CC(NC(=O)c1ccccc1O)c1ccc2c(c1)S(=O)(=O)OC(c1ccccc1)=C2c1ccccc1. The molecular formula is C29H23NO5S. The Bertz CT molecular complexity index is 1580. The molecule has 36 heavy (non-hydrogen) atoms. The van der Waals surface area contributed by atoms with Gasteiger partial charge < -0.3 is 14.6 Å². The minimum absolute atomic E-state index is 0.0298. The van der Waals surface area contributed by atoms with E-state index in [-0.39, 0.29) is 22.0 Å². The molecule has 0 aliphatic carbocycles. The molecule has 5 rings (SSSR count). The van der Waals surface area contributed by atoms with E-state index in [1.54, 1.807) is 31.2 Å². The van der Waals surface area contributed by atoms with Crippen LogP contribution >= 0.6 is 0 Å². The van der Waals surface area contributed by atoms with E-state index in [9.17, 15) is 18.3 Å². The lowest BCUT2D eigenvalue weighted by Gasteiger charge is -2.25. The fraction of sp³-hybridized carbons (Fsp3) is 0.0690. The molecule has 1 aliphatic rings. The van der Waals surface area contributed by atoms with E-state index in [1.807, 2.05) is 60.7 Å². The Balaban J connectivity index is 1.59. The second kappa shape index (κ2) is 9.36. The zero-order chi connectivity index (χ0) is 25.3. The smallest absolute Gasteiger partial charge is 0.339 e. The standard InChI is InChI=1S/C29H23NO5S/c1-19(30-29(32)23-14-8-9-15-25(23)31)22-16-17-24-26(18-22)36(33,34)35-28(21-12-6-3-7-13-21)27(24)20-10-4-2-5-11-20/h2-19,31H,1H3,(H,30,32). The minimum atomic E-state index is -4.13. The molecule has 1 aliphatic heterocycles. The maximum absolute atomic E-state index is 13.3. The second-order valence-electron chi connectivity index (χ2n) is 8.44. The Hall–Kier alpha value is -4.36. The predicted molar refractivity (Wildman–Crippen MR) is 138 cm³/mol. The number of benzene rings is 4. The third kappa shape index (κ3) is 4.36. The largest absolute Gasteiger partial charge is 0.507 e. The van der Waals surface area contributed by atoms with Crippen molar-refractivity contribution >= 4 is 27.4 Å². The monoisotopic (exact) mass is 497 g/mol. The first kappa shape index (κ1) is 23.4. The molecule has 1 heterocycles. The zero-order valence-electron chi connectivity index (χ0n) is 19.4. The first-order chi connectivity index (χ1) is 17.3. The van der Waals surface area contributed by atoms with Gasteiger partial charge in [0.05, 0.1) is 11.6 Å². The molecule has 0 fully saturated rings. The highest BCUT2D eigenvalue weighted by Gasteiger charge is 2.33. The van der Waals surface area contributed by atoms with Gasteiger partial charge in [0.15, 0.2) is 5.76 Å². The summed E-state index contributed by atoms with van der Waals surface area (Å²) >= 11 is 0. The number of phenolic OH excluding ortho intramolecular Hbond substituents is 1. The quantitative estimate of drug-likeness (QED) is 0.354. The van der Waals surface area contributed by atoms with Gasteiger partial charge in [0.2, 0.25) is 0 Å². The summed E-state index contributed by atoms with van der Waals surface area (Å²) in [4.78, 5) is 12.7. The van der Waals surface area contributed by atoms with E-state index < -0.39 is 22.1 Å². The average Bonchev–Trinajstić information content (AvgIpc) is 2.89. The molecule has 7 heteroatoms. The van der Waals surface area contributed by atoms with Crippen molar-refractivity contribution in [1.82, 2.24) is 5.32 Å². The topological polar surface area (TPSA) is 92.7 Å².